The highest BCUT2D eigenvalue weighted by Gasteiger charge is 2.07. The maximum absolute atomic E-state index is 13.2. The van der Waals surface area contributed by atoms with E-state index in [0.29, 0.717) is 24.1 Å². The highest BCUT2D eigenvalue weighted by molar-refractivity contribution is 14.0. The molecule has 0 fully saturated rings. The van der Waals surface area contributed by atoms with Crippen molar-refractivity contribution in [2.75, 3.05) is 13.6 Å². The Morgan fingerprint density at radius 3 is 2.76 bits per heavy atom. The second kappa shape index (κ2) is 11.7. The van der Waals surface area contributed by atoms with Crippen molar-refractivity contribution >= 4 is 41.3 Å². The minimum absolute atomic E-state index is 0. The van der Waals surface area contributed by atoms with Crippen LogP contribution in [0.15, 0.2) is 64.4 Å². The largest absolute Gasteiger partial charge is 0.439 e. The normalized spacial score (nSPS) is 12.0. The van der Waals surface area contributed by atoms with Crippen LogP contribution in [-0.4, -0.2) is 24.5 Å². The van der Waals surface area contributed by atoms with Crippen molar-refractivity contribution in [2.45, 2.75) is 19.4 Å². The first-order chi connectivity index (χ1) is 13.6. The molecular formula is C21H24FIN4OS. The lowest BCUT2D eigenvalue weighted by Gasteiger charge is -2.15. The number of nitrogens with zero attached hydrogens (tertiary/aromatic N) is 2. The summed E-state index contributed by atoms with van der Waals surface area (Å²) in [5.74, 6) is 1.64. The number of thiophene rings is 1. The molecule has 0 bridgehead atoms. The first-order valence-corrected chi connectivity index (χ1v) is 9.93. The Morgan fingerprint density at radius 2 is 2.10 bits per heavy atom. The van der Waals surface area contributed by atoms with E-state index in [2.05, 4.69) is 44.4 Å². The minimum atomic E-state index is -0.342. The monoisotopic (exact) mass is 526 g/mol. The number of nitrogens with one attached hydrogen (secondary N) is 2. The van der Waals surface area contributed by atoms with E-state index in [0.717, 1.165) is 18.1 Å². The number of hydrogen-bond acceptors (Lipinski definition) is 4. The van der Waals surface area contributed by atoms with E-state index in [1.807, 2.05) is 6.07 Å². The average Bonchev–Trinajstić information content (AvgIpc) is 3.24. The molecule has 2 N–H and O–H groups in total. The van der Waals surface area contributed by atoms with Crippen LogP contribution in [0.1, 0.15) is 24.0 Å². The van der Waals surface area contributed by atoms with Crippen LogP contribution in [0, 0.1) is 5.82 Å². The van der Waals surface area contributed by atoms with E-state index in [-0.39, 0.29) is 29.8 Å². The van der Waals surface area contributed by atoms with Gasteiger partial charge in [-0.15, -0.1) is 24.0 Å². The number of halogens is 2. The van der Waals surface area contributed by atoms with Crippen molar-refractivity contribution in [1.29, 1.82) is 0 Å². The first-order valence-electron chi connectivity index (χ1n) is 8.99. The molecule has 3 aromatic rings. The maximum atomic E-state index is 13.2. The Hall–Kier alpha value is -2.20. The van der Waals surface area contributed by atoms with Crippen LogP contribution in [0.5, 0.6) is 11.6 Å². The van der Waals surface area contributed by atoms with Gasteiger partial charge < -0.3 is 15.4 Å². The smallest absolute Gasteiger partial charge is 0.219 e. The third-order valence-corrected chi connectivity index (χ3v) is 4.89. The van der Waals surface area contributed by atoms with Crippen LogP contribution in [0.4, 0.5) is 4.39 Å². The van der Waals surface area contributed by atoms with Gasteiger partial charge in [0.25, 0.3) is 0 Å². The lowest BCUT2D eigenvalue weighted by Crippen LogP contribution is -2.38. The van der Waals surface area contributed by atoms with Crippen molar-refractivity contribution in [3.63, 3.8) is 0 Å². The van der Waals surface area contributed by atoms with Crippen LogP contribution >= 0.6 is 35.3 Å². The van der Waals surface area contributed by atoms with Crippen LogP contribution in [0.2, 0.25) is 0 Å². The molecule has 0 amide bonds. The van der Waals surface area contributed by atoms with E-state index >= 15 is 0 Å². The molecule has 8 heteroatoms. The average molecular weight is 526 g/mol. The number of pyridine rings is 1. The van der Waals surface area contributed by atoms with Crippen molar-refractivity contribution in [2.24, 2.45) is 4.99 Å². The van der Waals surface area contributed by atoms with Gasteiger partial charge in [-0.25, -0.2) is 9.37 Å². The molecule has 1 atom stereocenters. The number of rotatable bonds is 7. The number of guanidine groups is 1. The molecule has 1 unspecified atom stereocenters. The van der Waals surface area contributed by atoms with E-state index in [4.69, 9.17) is 4.74 Å². The number of aromatic nitrogens is 1. The lowest BCUT2D eigenvalue weighted by atomic mass is 10.1. The SMILES string of the molecule is CN=C(NCc1ccc(Oc2cccc(F)c2)nc1)NCC(C)c1ccsc1.I. The molecule has 5 nitrogen and oxygen atoms in total. The molecule has 2 heterocycles. The van der Waals surface area contributed by atoms with Crippen LogP contribution < -0.4 is 15.4 Å². The Balaban J connectivity index is 0.00000300. The first kappa shape index (κ1) is 23.1. The summed E-state index contributed by atoms with van der Waals surface area (Å²) in [5, 5.41) is 10.9. The Morgan fingerprint density at radius 1 is 1.24 bits per heavy atom. The van der Waals surface area contributed by atoms with Gasteiger partial charge in [0.15, 0.2) is 5.96 Å². The molecule has 0 saturated heterocycles. The molecule has 0 aliphatic carbocycles. The topological polar surface area (TPSA) is 58.5 Å². The van der Waals surface area contributed by atoms with Gasteiger partial charge in [0, 0.05) is 38.5 Å². The van der Waals surface area contributed by atoms with E-state index in [9.17, 15) is 4.39 Å². The standard InChI is InChI=1S/C21H23FN4OS.HI/c1-15(17-8-9-28-14-17)11-25-21(23-2)26-13-16-6-7-20(24-12-16)27-19-5-3-4-18(22)10-19;/h3-10,12,14-15H,11,13H2,1-2H3,(H2,23,25,26);1H. The molecule has 0 saturated carbocycles. The quantitative estimate of drug-likeness (QED) is 0.254. The van der Waals surface area contributed by atoms with E-state index in [1.165, 1.54) is 17.7 Å². The molecule has 3 rings (SSSR count). The van der Waals surface area contributed by atoms with Crippen LogP contribution in [-0.2, 0) is 6.54 Å². The fourth-order valence-corrected chi connectivity index (χ4v) is 3.34. The molecule has 0 spiro atoms. The predicted octanol–water partition coefficient (Wildman–Crippen LogP) is 5.16. The molecule has 0 aliphatic heterocycles. The molecular weight excluding hydrogens is 502 g/mol. The molecule has 154 valence electrons. The predicted molar refractivity (Wildman–Crippen MR) is 127 cm³/mol. The lowest BCUT2D eigenvalue weighted by molar-refractivity contribution is 0.457. The summed E-state index contributed by atoms with van der Waals surface area (Å²) in [5.41, 5.74) is 2.31. The van der Waals surface area contributed by atoms with Gasteiger partial charge in [0.2, 0.25) is 5.88 Å². The van der Waals surface area contributed by atoms with Crippen LogP contribution in [0.25, 0.3) is 0 Å². The maximum Gasteiger partial charge on any atom is 0.219 e. The van der Waals surface area contributed by atoms with Gasteiger partial charge in [-0.3, -0.25) is 4.99 Å². The summed E-state index contributed by atoms with van der Waals surface area (Å²) in [6.45, 7) is 3.57. The fraction of sp³-hybridized carbons (Fsp3) is 0.238. The van der Waals surface area contributed by atoms with Gasteiger partial charge in [-0.2, -0.15) is 11.3 Å². The summed E-state index contributed by atoms with van der Waals surface area (Å²) in [6, 6.07) is 11.8. The third kappa shape index (κ3) is 7.28. The van der Waals surface area contributed by atoms with Crippen LogP contribution in [0.3, 0.4) is 0 Å². The second-order valence-electron chi connectivity index (χ2n) is 6.33. The number of ether oxygens (including phenoxy) is 1. The van der Waals surface area contributed by atoms with Gasteiger partial charge in [-0.05, 0) is 46.0 Å². The second-order valence-corrected chi connectivity index (χ2v) is 7.11. The third-order valence-electron chi connectivity index (χ3n) is 4.19. The van der Waals surface area contributed by atoms with Crippen molar-refractivity contribution in [3.8, 4) is 11.6 Å². The summed E-state index contributed by atoms with van der Waals surface area (Å²) >= 11 is 1.71. The van der Waals surface area contributed by atoms with Crippen molar-refractivity contribution < 1.29 is 9.13 Å². The molecule has 0 radical (unpaired) electrons. The zero-order valence-electron chi connectivity index (χ0n) is 16.3. The van der Waals surface area contributed by atoms with E-state index in [1.54, 1.807) is 42.8 Å². The van der Waals surface area contributed by atoms with Crippen molar-refractivity contribution in [1.82, 2.24) is 15.6 Å². The Bertz CT molecular complexity index is 903. The molecule has 2 aromatic heterocycles. The fourth-order valence-electron chi connectivity index (χ4n) is 2.56. The molecule has 0 aliphatic rings. The Kier molecular flexibility index (Phi) is 9.33. The highest BCUT2D eigenvalue weighted by atomic mass is 127. The zero-order valence-corrected chi connectivity index (χ0v) is 19.4. The molecule has 1 aromatic carbocycles. The van der Waals surface area contributed by atoms with Gasteiger partial charge >= 0.3 is 0 Å². The summed E-state index contributed by atoms with van der Waals surface area (Å²) in [7, 11) is 1.75. The summed E-state index contributed by atoms with van der Waals surface area (Å²) < 4.78 is 18.8. The number of aliphatic imine (C=N–C) groups is 1. The number of hydrogen-bond donors (Lipinski definition) is 2. The highest BCUT2D eigenvalue weighted by Crippen LogP contribution is 2.20. The van der Waals surface area contributed by atoms with Crippen molar-refractivity contribution in [3.05, 3.63) is 76.4 Å². The van der Waals surface area contributed by atoms with Gasteiger partial charge in [0.05, 0.1) is 0 Å². The Labute approximate surface area is 191 Å². The molecule has 29 heavy (non-hydrogen) atoms. The van der Waals surface area contributed by atoms with Gasteiger partial charge in [-0.1, -0.05) is 19.1 Å². The summed E-state index contributed by atoms with van der Waals surface area (Å²) in [4.78, 5) is 8.53. The summed E-state index contributed by atoms with van der Waals surface area (Å²) in [6.07, 6.45) is 1.73. The minimum Gasteiger partial charge on any atom is -0.439 e. The number of benzene rings is 1. The zero-order chi connectivity index (χ0) is 19.8. The van der Waals surface area contributed by atoms with Gasteiger partial charge in [0.1, 0.15) is 11.6 Å². The van der Waals surface area contributed by atoms with E-state index < -0.39 is 0 Å².